The third-order valence-corrected chi connectivity index (χ3v) is 2.83. The van der Waals surface area contributed by atoms with Crippen molar-refractivity contribution in [1.29, 1.82) is 0 Å². The Morgan fingerprint density at radius 3 is 2.38 bits per heavy atom. The number of carbonyl (C=O) groups is 1. The number of hydrogen-bond acceptors (Lipinski definition) is 4. The molecule has 0 saturated carbocycles. The van der Waals surface area contributed by atoms with E-state index in [9.17, 15) is 9.90 Å². The number of aromatic nitrogens is 1. The summed E-state index contributed by atoms with van der Waals surface area (Å²) in [6.07, 6.45) is 3.77. The van der Waals surface area contributed by atoms with Crippen LogP contribution in [0.5, 0.6) is 5.75 Å². The van der Waals surface area contributed by atoms with Gasteiger partial charge < -0.3 is 20.0 Å². The number of rotatable bonds is 4. The molecule has 0 aliphatic carbocycles. The zero-order valence-electron chi connectivity index (χ0n) is 14.0. The Bertz CT molecular complexity index is 660. The molecule has 1 heterocycles. The molecule has 2 rings (SSSR count). The molecule has 128 valence electrons. The molecule has 0 radical (unpaired) electrons. The van der Waals surface area contributed by atoms with Gasteiger partial charge in [0.05, 0.1) is 12.5 Å². The number of nitrogens with zero attached hydrogens (tertiary/aromatic N) is 4. The van der Waals surface area contributed by atoms with Crippen molar-refractivity contribution in [3.05, 3.63) is 54.4 Å². The van der Waals surface area contributed by atoms with Crippen molar-refractivity contribution in [2.75, 3.05) is 21.1 Å². The second-order valence-corrected chi connectivity index (χ2v) is 5.19. The largest absolute Gasteiger partial charge is 0.504 e. The molecule has 1 aromatic heterocycles. The Kier molecular flexibility index (Phi) is 7.77. The molecule has 0 fully saturated rings. The van der Waals surface area contributed by atoms with Gasteiger partial charge in [-0.2, -0.15) is 0 Å². The Hall–Kier alpha value is -3.09. The minimum Gasteiger partial charge on any atom is -0.504 e. The number of aromatic hydroxyl groups is 1. The van der Waals surface area contributed by atoms with Gasteiger partial charge in [0, 0.05) is 33.9 Å². The van der Waals surface area contributed by atoms with Gasteiger partial charge >= 0.3 is 6.09 Å². The van der Waals surface area contributed by atoms with E-state index < -0.39 is 6.09 Å². The van der Waals surface area contributed by atoms with Crippen molar-refractivity contribution >= 4 is 18.1 Å². The van der Waals surface area contributed by atoms with Gasteiger partial charge in [-0.3, -0.25) is 4.98 Å². The van der Waals surface area contributed by atoms with E-state index in [0.717, 1.165) is 11.4 Å². The average Bonchev–Trinajstić information content (AvgIpc) is 2.55. The predicted octanol–water partition coefficient (Wildman–Crippen LogP) is 2.81. The fraction of sp³-hybridized carbons (Fsp3) is 0.235. The molecule has 1 amide bonds. The van der Waals surface area contributed by atoms with Crippen LogP contribution in [0.4, 0.5) is 10.5 Å². The number of benzene rings is 1. The zero-order chi connectivity index (χ0) is 17.9. The van der Waals surface area contributed by atoms with E-state index in [2.05, 4.69) is 22.1 Å². The van der Waals surface area contributed by atoms with Gasteiger partial charge in [0.2, 0.25) is 0 Å². The molecule has 0 spiro atoms. The summed E-state index contributed by atoms with van der Waals surface area (Å²) in [5.74, 6) is 0.0851. The summed E-state index contributed by atoms with van der Waals surface area (Å²) in [5, 5.41) is 17.4. The first-order valence-corrected chi connectivity index (χ1v) is 7.21. The number of amides is 1. The van der Waals surface area contributed by atoms with Crippen LogP contribution in [0.15, 0.2) is 53.8 Å². The van der Waals surface area contributed by atoms with Crippen LogP contribution in [0, 0.1) is 0 Å². The minimum atomic E-state index is -0.907. The van der Waals surface area contributed by atoms with Crippen LogP contribution in [0.2, 0.25) is 0 Å². The first-order chi connectivity index (χ1) is 11.4. The van der Waals surface area contributed by atoms with E-state index >= 15 is 0 Å². The topological polar surface area (TPSA) is 89.3 Å². The second-order valence-electron chi connectivity index (χ2n) is 5.19. The van der Waals surface area contributed by atoms with Crippen molar-refractivity contribution < 1.29 is 15.0 Å². The van der Waals surface area contributed by atoms with E-state index in [1.165, 1.54) is 25.9 Å². The van der Waals surface area contributed by atoms with E-state index in [1.54, 1.807) is 18.6 Å². The molecular weight excluding hydrogens is 308 g/mol. The van der Waals surface area contributed by atoms with Crippen LogP contribution < -0.4 is 0 Å². The van der Waals surface area contributed by atoms with Crippen LogP contribution in [0.3, 0.4) is 0 Å². The van der Waals surface area contributed by atoms with Crippen LogP contribution in [-0.4, -0.2) is 58.6 Å². The van der Waals surface area contributed by atoms with Crippen LogP contribution in [0.1, 0.15) is 5.56 Å². The molecule has 2 N–H and O–H groups in total. The Labute approximate surface area is 141 Å². The highest BCUT2D eigenvalue weighted by molar-refractivity contribution is 5.64. The quantitative estimate of drug-likeness (QED) is 0.664. The van der Waals surface area contributed by atoms with E-state index in [-0.39, 0.29) is 5.75 Å². The first kappa shape index (κ1) is 19.0. The van der Waals surface area contributed by atoms with E-state index in [4.69, 9.17) is 5.11 Å². The fourth-order valence-electron chi connectivity index (χ4n) is 1.56. The van der Waals surface area contributed by atoms with Crippen LogP contribution >= 0.6 is 0 Å². The normalized spacial score (nSPS) is 9.96. The fourth-order valence-corrected chi connectivity index (χ4v) is 1.56. The highest BCUT2D eigenvalue weighted by atomic mass is 16.4. The predicted molar refractivity (Wildman–Crippen MR) is 93.7 cm³/mol. The van der Waals surface area contributed by atoms with Crippen molar-refractivity contribution in [3.8, 4) is 5.75 Å². The lowest BCUT2D eigenvalue weighted by molar-refractivity contribution is 0.165. The number of aliphatic imine (C=N–C) groups is 1. The molecular formula is C17H22N4O3. The number of carboxylic acid groups (broad SMARTS) is 1. The van der Waals surface area contributed by atoms with E-state index in [1.807, 2.05) is 30.1 Å². The Morgan fingerprint density at radius 1 is 1.21 bits per heavy atom. The third kappa shape index (κ3) is 7.26. The van der Waals surface area contributed by atoms with E-state index in [0.29, 0.717) is 5.69 Å². The summed E-state index contributed by atoms with van der Waals surface area (Å²) < 4.78 is 0. The average molecular weight is 330 g/mol. The monoisotopic (exact) mass is 330 g/mol. The maximum Gasteiger partial charge on any atom is 0.406 e. The SMILES string of the molecule is CN(C)C(=O)O.CN(C=Nc1ccncc1O)Cc1ccccc1. The van der Waals surface area contributed by atoms with Gasteiger partial charge in [-0.25, -0.2) is 9.79 Å². The van der Waals surface area contributed by atoms with Crippen LogP contribution in [-0.2, 0) is 6.54 Å². The highest BCUT2D eigenvalue weighted by Gasteiger charge is 1.98. The number of hydrogen-bond donors (Lipinski definition) is 2. The summed E-state index contributed by atoms with van der Waals surface area (Å²) >= 11 is 0. The molecule has 7 heteroatoms. The van der Waals surface area contributed by atoms with Crippen molar-refractivity contribution in [2.45, 2.75) is 6.54 Å². The molecule has 7 nitrogen and oxygen atoms in total. The van der Waals surface area contributed by atoms with Crippen LogP contribution in [0.25, 0.3) is 0 Å². The van der Waals surface area contributed by atoms with Gasteiger partial charge in [0.25, 0.3) is 0 Å². The Balaban J connectivity index is 0.000000413. The van der Waals surface area contributed by atoms with Crippen molar-refractivity contribution in [1.82, 2.24) is 14.8 Å². The Morgan fingerprint density at radius 2 is 1.83 bits per heavy atom. The maximum atomic E-state index is 9.62. The standard InChI is InChI=1S/C14H15N3O.C3H7NO2/c1-17(10-12-5-3-2-4-6-12)11-16-13-7-8-15-9-14(13)18;1-4(2)3(5)6/h2-9,11,18H,10H2,1H3;1-2H3,(H,5,6). The maximum absolute atomic E-state index is 9.62. The molecule has 0 unspecified atom stereocenters. The molecule has 0 aliphatic heterocycles. The molecule has 0 bridgehead atoms. The highest BCUT2D eigenvalue weighted by Crippen LogP contribution is 2.23. The molecule has 0 saturated heterocycles. The summed E-state index contributed by atoms with van der Waals surface area (Å²) in [4.78, 5) is 20.7. The third-order valence-electron chi connectivity index (χ3n) is 2.83. The lowest BCUT2D eigenvalue weighted by Gasteiger charge is -2.12. The molecule has 24 heavy (non-hydrogen) atoms. The van der Waals surface area contributed by atoms with Gasteiger partial charge in [-0.15, -0.1) is 0 Å². The summed E-state index contributed by atoms with van der Waals surface area (Å²) in [6, 6.07) is 11.8. The lowest BCUT2D eigenvalue weighted by Crippen LogP contribution is -2.18. The number of pyridine rings is 1. The minimum absolute atomic E-state index is 0.0851. The molecule has 0 atom stereocenters. The summed E-state index contributed by atoms with van der Waals surface area (Å²) in [6.45, 7) is 0.774. The van der Waals surface area contributed by atoms with Gasteiger partial charge in [0.15, 0.2) is 5.75 Å². The first-order valence-electron chi connectivity index (χ1n) is 7.21. The van der Waals surface area contributed by atoms with Gasteiger partial charge in [-0.05, 0) is 11.6 Å². The molecule has 1 aromatic carbocycles. The summed E-state index contributed by atoms with van der Waals surface area (Å²) in [5.41, 5.74) is 1.73. The van der Waals surface area contributed by atoms with Gasteiger partial charge in [0.1, 0.15) is 5.69 Å². The van der Waals surface area contributed by atoms with Crippen molar-refractivity contribution in [3.63, 3.8) is 0 Å². The summed E-state index contributed by atoms with van der Waals surface area (Å²) in [7, 11) is 4.89. The molecule has 0 aliphatic rings. The van der Waals surface area contributed by atoms with Gasteiger partial charge in [-0.1, -0.05) is 30.3 Å². The molecule has 2 aromatic rings. The van der Waals surface area contributed by atoms with Crippen molar-refractivity contribution in [2.24, 2.45) is 4.99 Å². The zero-order valence-corrected chi connectivity index (χ0v) is 14.0. The second kappa shape index (κ2) is 9.83. The smallest absolute Gasteiger partial charge is 0.406 e. The lowest BCUT2D eigenvalue weighted by atomic mass is 10.2.